The van der Waals surface area contributed by atoms with Crippen LogP contribution in [0.2, 0.25) is 0 Å². The van der Waals surface area contributed by atoms with Gasteiger partial charge in [-0.2, -0.15) is 0 Å². The molecular formula is C9H14O2. The lowest BCUT2D eigenvalue weighted by Crippen LogP contribution is -2.15. The lowest BCUT2D eigenvalue weighted by Gasteiger charge is -2.09. The van der Waals surface area contributed by atoms with Crippen molar-refractivity contribution in [1.82, 2.24) is 0 Å². The zero-order valence-corrected chi connectivity index (χ0v) is 6.88. The van der Waals surface area contributed by atoms with Crippen molar-refractivity contribution in [2.45, 2.75) is 26.2 Å². The van der Waals surface area contributed by atoms with E-state index in [0.717, 1.165) is 24.7 Å². The fourth-order valence-electron chi connectivity index (χ4n) is 2.17. The third-order valence-electron chi connectivity index (χ3n) is 2.86. The fourth-order valence-corrected chi connectivity index (χ4v) is 2.17. The molecule has 0 aromatic heterocycles. The minimum absolute atomic E-state index is 0.0414. The van der Waals surface area contributed by atoms with E-state index < -0.39 is 0 Å². The van der Waals surface area contributed by atoms with E-state index in [-0.39, 0.29) is 11.9 Å². The average molecular weight is 154 g/mol. The van der Waals surface area contributed by atoms with Gasteiger partial charge < -0.3 is 4.74 Å². The third kappa shape index (κ3) is 1.26. The predicted octanol–water partition coefficient (Wildman–Crippen LogP) is 1.60. The number of rotatable bonds is 2. The summed E-state index contributed by atoms with van der Waals surface area (Å²) < 4.78 is 4.96. The SMILES string of the molecule is CCOC(=O)C1C[C@@H]2C[C@@H]2C1. The molecule has 0 radical (unpaired) electrons. The highest BCUT2D eigenvalue weighted by molar-refractivity contribution is 5.73. The van der Waals surface area contributed by atoms with Crippen molar-refractivity contribution in [2.75, 3.05) is 6.61 Å². The molecule has 0 N–H and O–H groups in total. The summed E-state index contributed by atoms with van der Waals surface area (Å²) in [5.74, 6) is 2.05. The highest BCUT2D eigenvalue weighted by Gasteiger charge is 2.48. The molecule has 0 spiro atoms. The Morgan fingerprint density at radius 1 is 1.36 bits per heavy atom. The van der Waals surface area contributed by atoms with E-state index in [1.54, 1.807) is 0 Å². The first-order valence-corrected chi connectivity index (χ1v) is 4.48. The first-order valence-electron chi connectivity index (χ1n) is 4.48. The van der Waals surface area contributed by atoms with Crippen LogP contribution in [0.1, 0.15) is 26.2 Å². The van der Waals surface area contributed by atoms with Gasteiger partial charge in [-0.1, -0.05) is 0 Å². The number of ether oxygens (including phenoxy) is 1. The molecule has 2 nitrogen and oxygen atoms in total. The topological polar surface area (TPSA) is 26.3 Å². The number of hydrogen-bond acceptors (Lipinski definition) is 2. The molecule has 2 fully saturated rings. The van der Waals surface area contributed by atoms with Crippen LogP contribution < -0.4 is 0 Å². The molecule has 62 valence electrons. The summed E-state index contributed by atoms with van der Waals surface area (Å²) in [4.78, 5) is 11.2. The smallest absolute Gasteiger partial charge is 0.308 e. The molecule has 0 amide bonds. The Morgan fingerprint density at radius 3 is 2.55 bits per heavy atom. The second kappa shape index (κ2) is 2.50. The molecule has 0 aliphatic heterocycles. The van der Waals surface area contributed by atoms with Gasteiger partial charge in [-0.25, -0.2) is 0 Å². The van der Waals surface area contributed by atoms with E-state index in [4.69, 9.17) is 4.74 Å². The predicted molar refractivity (Wildman–Crippen MR) is 41.0 cm³/mol. The quantitative estimate of drug-likeness (QED) is 0.565. The van der Waals surface area contributed by atoms with Crippen molar-refractivity contribution in [2.24, 2.45) is 17.8 Å². The summed E-state index contributed by atoms with van der Waals surface area (Å²) in [5, 5.41) is 0. The van der Waals surface area contributed by atoms with Gasteiger partial charge in [-0.05, 0) is 38.0 Å². The third-order valence-corrected chi connectivity index (χ3v) is 2.86. The van der Waals surface area contributed by atoms with Crippen molar-refractivity contribution >= 4 is 5.97 Å². The Labute approximate surface area is 66.9 Å². The lowest BCUT2D eigenvalue weighted by molar-refractivity contribution is -0.148. The number of carbonyl (C=O) groups excluding carboxylic acids is 1. The van der Waals surface area contributed by atoms with E-state index >= 15 is 0 Å². The molecular weight excluding hydrogens is 140 g/mol. The first kappa shape index (κ1) is 7.14. The van der Waals surface area contributed by atoms with E-state index in [0.29, 0.717) is 6.61 Å². The molecule has 0 aromatic carbocycles. The maximum Gasteiger partial charge on any atom is 0.308 e. The molecule has 2 heteroatoms. The van der Waals surface area contributed by atoms with E-state index in [1.165, 1.54) is 6.42 Å². The minimum atomic E-state index is 0.0414. The van der Waals surface area contributed by atoms with Crippen LogP contribution in [0.5, 0.6) is 0 Å². The molecule has 0 aromatic rings. The van der Waals surface area contributed by atoms with Crippen molar-refractivity contribution < 1.29 is 9.53 Å². The summed E-state index contributed by atoms with van der Waals surface area (Å²) in [6, 6.07) is 0. The van der Waals surface area contributed by atoms with Gasteiger partial charge in [0, 0.05) is 0 Å². The van der Waals surface area contributed by atoms with Crippen LogP contribution in [0, 0.1) is 17.8 Å². The zero-order valence-electron chi connectivity index (χ0n) is 6.88. The standard InChI is InChI=1S/C9H14O2/c1-2-11-9(10)8-4-6-3-7(6)5-8/h6-8H,2-5H2,1H3/t6-,7+,8?. The van der Waals surface area contributed by atoms with Gasteiger partial charge >= 0.3 is 5.97 Å². The van der Waals surface area contributed by atoms with Crippen LogP contribution in [-0.2, 0) is 9.53 Å². The maximum absolute atomic E-state index is 11.2. The van der Waals surface area contributed by atoms with E-state index in [1.807, 2.05) is 6.92 Å². The molecule has 1 unspecified atom stereocenters. The molecule has 2 aliphatic rings. The monoisotopic (exact) mass is 154 g/mol. The molecule has 0 bridgehead atoms. The Hall–Kier alpha value is -0.530. The molecule has 0 saturated heterocycles. The van der Waals surface area contributed by atoms with Gasteiger partial charge in [0.15, 0.2) is 0 Å². The van der Waals surface area contributed by atoms with Gasteiger partial charge in [0.1, 0.15) is 0 Å². The maximum atomic E-state index is 11.2. The normalized spacial score (nSPS) is 39.9. The largest absolute Gasteiger partial charge is 0.466 e. The Balaban J connectivity index is 1.82. The number of fused-ring (bicyclic) bond motifs is 1. The summed E-state index contributed by atoms with van der Waals surface area (Å²) in [5.41, 5.74) is 0. The van der Waals surface area contributed by atoms with Gasteiger partial charge in [0.2, 0.25) is 0 Å². The van der Waals surface area contributed by atoms with E-state index in [9.17, 15) is 4.79 Å². The molecule has 3 atom stereocenters. The Kier molecular flexibility index (Phi) is 1.63. The summed E-state index contributed by atoms with van der Waals surface area (Å²) in [6.07, 6.45) is 3.57. The van der Waals surface area contributed by atoms with Crippen LogP contribution in [-0.4, -0.2) is 12.6 Å². The fraction of sp³-hybridized carbons (Fsp3) is 0.889. The summed E-state index contributed by atoms with van der Waals surface area (Å²) in [6.45, 7) is 2.40. The van der Waals surface area contributed by atoms with Crippen LogP contribution in [0.15, 0.2) is 0 Å². The number of esters is 1. The lowest BCUT2D eigenvalue weighted by atomic mass is 10.0. The van der Waals surface area contributed by atoms with E-state index in [2.05, 4.69) is 0 Å². The highest BCUT2D eigenvalue weighted by atomic mass is 16.5. The molecule has 2 aliphatic carbocycles. The molecule has 2 rings (SSSR count). The van der Waals surface area contributed by atoms with Crippen LogP contribution in [0.25, 0.3) is 0 Å². The van der Waals surface area contributed by atoms with Gasteiger partial charge in [0.05, 0.1) is 12.5 Å². The molecule has 11 heavy (non-hydrogen) atoms. The minimum Gasteiger partial charge on any atom is -0.466 e. The van der Waals surface area contributed by atoms with Gasteiger partial charge in [0.25, 0.3) is 0 Å². The highest BCUT2D eigenvalue weighted by Crippen LogP contribution is 2.54. The Morgan fingerprint density at radius 2 is 2.00 bits per heavy atom. The van der Waals surface area contributed by atoms with Gasteiger partial charge in [-0.3, -0.25) is 4.79 Å². The van der Waals surface area contributed by atoms with Crippen LogP contribution in [0.4, 0.5) is 0 Å². The average Bonchev–Trinajstić information content (AvgIpc) is 2.59. The van der Waals surface area contributed by atoms with Crippen molar-refractivity contribution in [1.29, 1.82) is 0 Å². The Bertz CT molecular complexity index is 166. The zero-order chi connectivity index (χ0) is 7.84. The van der Waals surface area contributed by atoms with Crippen molar-refractivity contribution in [3.05, 3.63) is 0 Å². The summed E-state index contributed by atoms with van der Waals surface area (Å²) >= 11 is 0. The second-order valence-corrected chi connectivity index (χ2v) is 3.68. The molecule has 0 heterocycles. The van der Waals surface area contributed by atoms with Gasteiger partial charge in [-0.15, -0.1) is 0 Å². The van der Waals surface area contributed by atoms with Crippen LogP contribution >= 0.6 is 0 Å². The second-order valence-electron chi connectivity index (χ2n) is 3.68. The van der Waals surface area contributed by atoms with Crippen molar-refractivity contribution in [3.8, 4) is 0 Å². The summed E-state index contributed by atoms with van der Waals surface area (Å²) in [7, 11) is 0. The van der Waals surface area contributed by atoms with Crippen LogP contribution in [0.3, 0.4) is 0 Å². The molecule has 2 saturated carbocycles. The number of hydrogen-bond donors (Lipinski definition) is 0. The van der Waals surface area contributed by atoms with Crippen molar-refractivity contribution in [3.63, 3.8) is 0 Å². The first-order chi connectivity index (χ1) is 5.31. The number of carbonyl (C=O) groups is 1.